The van der Waals surface area contributed by atoms with Gasteiger partial charge in [0.25, 0.3) is 0 Å². The van der Waals surface area contributed by atoms with Crippen LogP contribution in [0.3, 0.4) is 0 Å². The Balaban J connectivity index is 2.06. The van der Waals surface area contributed by atoms with E-state index in [0.29, 0.717) is 6.54 Å². The van der Waals surface area contributed by atoms with Gasteiger partial charge in [-0.25, -0.2) is 17.9 Å². The average Bonchev–Trinajstić information content (AvgIpc) is 2.99. The number of carboxylic acids is 1. The van der Waals surface area contributed by atoms with E-state index < -0.39 is 16.0 Å². The lowest BCUT2D eigenvalue weighted by Crippen LogP contribution is -2.28. The molecule has 2 rings (SSSR count). The Hall–Kier alpha value is -1.64. The zero-order chi connectivity index (χ0) is 13.9. The zero-order valence-corrected chi connectivity index (χ0v) is 11.4. The Kier molecular flexibility index (Phi) is 4.03. The molecule has 0 aliphatic carbocycles. The van der Waals surface area contributed by atoms with Gasteiger partial charge < -0.3 is 9.67 Å². The Bertz CT molecular complexity index is 659. The number of hydrogen-bond donors (Lipinski definition) is 2. The van der Waals surface area contributed by atoms with Gasteiger partial charge in [-0.15, -0.1) is 11.3 Å². The fraction of sp³-hybridized carbons (Fsp3) is 0.182. The first-order valence-electron chi connectivity index (χ1n) is 5.42. The number of carboxylic acid groups (broad SMARTS) is 1. The first kappa shape index (κ1) is 13.8. The van der Waals surface area contributed by atoms with Gasteiger partial charge in [-0.2, -0.15) is 0 Å². The second-order valence-corrected chi connectivity index (χ2v) is 6.39. The number of nitrogens with one attached hydrogen (secondary N) is 1. The van der Waals surface area contributed by atoms with Gasteiger partial charge in [0.05, 0.1) is 0 Å². The summed E-state index contributed by atoms with van der Waals surface area (Å²) in [7, 11) is -3.78. The van der Waals surface area contributed by atoms with Crippen LogP contribution in [0.15, 0.2) is 40.9 Å². The number of thiophene rings is 1. The van der Waals surface area contributed by atoms with Crippen molar-refractivity contribution in [3.05, 3.63) is 40.8 Å². The highest BCUT2D eigenvalue weighted by Gasteiger charge is 2.23. The Labute approximate surface area is 114 Å². The Morgan fingerprint density at radius 2 is 2.05 bits per heavy atom. The van der Waals surface area contributed by atoms with Gasteiger partial charge in [-0.3, -0.25) is 0 Å². The van der Waals surface area contributed by atoms with Crippen molar-refractivity contribution in [3.8, 4) is 0 Å². The van der Waals surface area contributed by atoms with E-state index in [0.717, 1.165) is 11.3 Å². The standard InChI is InChI=1S/C11H12N2O4S2/c14-11(15)10-9(3-8-18-10)19(16,17)12-4-7-13-5-1-2-6-13/h1-3,5-6,8,12H,4,7H2,(H,14,15). The van der Waals surface area contributed by atoms with Crippen molar-refractivity contribution in [1.29, 1.82) is 0 Å². The fourth-order valence-electron chi connectivity index (χ4n) is 1.57. The molecule has 0 amide bonds. The summed E-state index contributed by atoms with van der Waals surface area (Å²) in [6, 6.07) is 4.98. The first-order chi connectivity index (χ1) is 9.00. The minimum absolute atomic E-state index is 0.173. The van der Waals surface area contributed by atoms with Crippen LogP contribution < -0.4 is 4.72 Å². The lowest BCUT2D eigenvalue weighted by molar-refractivity contribution is 0.0698. The van der Waals surface area contributed by atoms with Crippen LogP contribution in [0, 0.1) is 0 Å². The van der Waals surface area contributed by atoms with E-state index in [-0.39, 0.29) is 16.3 Å². The first-order valence-corrected chi connectivity index (χ1v) is 7.78. The summed E-state index contributed by atoms with van der Waals surface area (Å²) in [5.41, 5.74) is 0. The second kappa shape index (κ2) is 5.55. The molecule has 102 valence electrons. The number of aromatic nitrogens is 1. The molecule has 0 unspecified atom stereocenters. The van der Waals surface area contributed by atoms with Crippen molar-refractivity contribution in [2.45, 2.75) is 11.4 Å². The summed E-state index contributed by atoms with van der Waals surface area (Å²) in [6.07, 6.45) is 3.64. The van der Waals surface area contributed by atoms with Gasteiger partial charge in [-0.05, 0) is 23.6 Å². The van der Waals surface area contributed by atoms with Crippen molar-refractivity contribution in [2.75, 3.05) is 6.54 Å². The highest BCUT2D eigenvalue weighted by molar-refractivity contribution is 7.89. The molecule has 2 N–H and O–H groups in total. The van der Waals surface area contributed by atoms with Gasteiger partial charge in [-0.1, -0.05) is 0 Å². The van der Waals surface area contributed by atoms with Gasteiger partial charge in [0.15, 0.2) is 0 Å². The molecule has 19 heavy (non-hydrogen) atoms. The number of rotatable bonds is 6. The van der Waals surface area contributed by atoms with Crippen molar-refractivity contribution < 1.29 is 18.3 Å². The molecule has 0 atom stereocenters. The summed E-state index contributed by atoms with van der Waals surface area (Å²) in [5.74, 6) is -1.24. The van der Waals surface area contributed by atoms with E-state index >= 15 is 0 Å². The van der Waals surface area contributed by atoms with Gasteiger partial charge in [0.1, 0.15) is 9.77 Å². The van der Waals surface area contributed by atoms with Crippen molar-refractivity contribution in [3.63, 3.8) is 0 Å². The molecule has 0 aliphatic heterocycles. The van der Waals surface area contributed by atoms with Gasteiger partial charge in [0.2, 0.25) is 10.0 Å². The maximum atomic E-state index is 12.0. The topological polar surface area (TPSA) is 88.4 Å². The van der Waals surface area contributed by atoms with E-state index in [1.54, 1.807) is 0 Å². The van der Waals surface area contributed by atoms with E-state index in [2.05, 4.69) is 4.72 Å². The quantitative estimate of drug-likeness (QED) is 0.839. The molecule has 0 aliphatic rings. The van der Waals surface area contributed by atoms with Crippen LogP contribution in [0.4, 0.5) is 0 Å². The predicted octanol–water partition coefficient (Wildman–Crippen LogP) is 1.23. The molecule has 0 saturated heterocycles. The second-order valence-electron chi connectivity index (χ2n) is 3.74. The minimum Gasteiger partial charge on any atom is -0.477 e. The third-order valence-electron chi connectivity index (χ3n) is 2.44. The van der Waals surface area contributed by atoms with Crippen LogP contribution in [-0.2, 0) is 16.6 Å². The summed E-state index contributed by atoms with van der Waals surface area (Å²) in [4.78, 5) is 10.5. The summed E-state index contributed by atoms with van der Waals surface area (Å²) in [5, 5.41) is 10.4. The molecule has 2 heterocycles. The van der Waals surface area contributed by atoms with Gasteiger partial charge >= 0.3 is 5.97 Å². The molecular formula is C11H12N2O4S2. The van der Waals surface area contributed by atoms with Crippen molar-refractivity contribution in [2.24, 2.45) is 0 Å². The smallest absolute Gasteiger partial charge is 0.347 e. The maximum Gasteiger partial charge on any atom is 0.347 e. The monoisotopic (exact) mass is 300 g/mol. The highest BCUT2D eigenvalue weighted by Crippen LogP contribution is 2.21. The van der Waals surface area contributed by atoms with Crippen LogP contribution >= 0.6 is 11.3 Å². The highest BCUT2D eigenvalue weighted by atomic mass is 32.2. The zero-order valence-electron chi connectivity index (χ0n) is 9.81. The predicted molar refractivity (Wildman–Crippen MR) is 70.9 cm³/mol. The van der Waals surface area contributed by atoms with E-state index in [9.17, 15) is 13.2 Å². The van der Waals surface area contributed by atoms with Crippen molar-refractivity contribution >= 4 is 27.3 Å². The third kappa shape index (κ3) is 3.22. The van der Waals surface area contributed by atoms with Crippen LogP contribution in [0.25, 0.3) is 0 Å². The van der Waals surface area contributed by atoms with Crippen LogP contribution in [0.5, 0.6) is 0 Å². The fourth-order valence-corrected chi connectivity index (χ4v) is 3.85. The molecule has 6 nitrogen and oxygen atoms in total. The molecule has 2 aromatic rings. The Morgan fingerprint density at radius 1 is 1.37 bits per heavy atom. The summed E-state index contributed by atoms with van der Waals surface area (Å²) in [6.45, 7) is 0.685. The van der Waals surface area contributed by atoms with Crippen LogP contribution in [-0.4, -0.2) is 30.6 Å². The lowest BCUT2D eigenvalue weighted by Gasteiger charge is -2.07. The molecule has 0 fully saturated rings. The number of aromatic carboxylic acids is 1. The normalized spacial score (nSPS) is 11.6. The van der Waals surface area contributed by atoms with Crippen molar-refractivity contribution in [1.82, 2.24) is 9.29 Å². The van der Waals surface area contributed by atoms with E-state index in [1.807, 2.05) is 29.1 Å². The summed E-state index contributed by atoms with van der Waals surface area (Å²) >= 11 is 0.892. The third-order valence-corrected chi connectivity index (χ3v) is 4.98. The van der Waals surface area contributed by atoms with E-state index in [4.69, 9.17) is 5.11 Å². The number of nitrogens with zero attached hydrogens (tertiary/aromatic N) is 1. The SMILES string of the molecule is O=C(O)c1sccc1S(=O)(=O)NCCn1cccc1. The molecule has 8 heteroatoms. The molecule has 0 saturated carbocycles. The van der Waals surface area contributed by atoms with Crippen LogP contribution in [0.2, 0.25) is 0 Å². The summed E-state index contributed by atoms with van der Waals surface area (Å²) < 4.78 is 28.2. The Morgan fingerprint density at radius 3 is 2.68 bits per heavy atom. The average molecular weight is 300 g/mol. The van der Waals surface area contributed by atoms with Gasteiger partial charge in [0, 0.05) is 25.5 Å². The number of hydrogen-bond acceptors (Lipinski definition) is 4. The molecule has 0 aromatic carbocycles. The molecular weight excluding hydrogens is 288 g/mol. The van der Waals surface area contributed by atoms with E-state index in [1.165, 1.54) is 11.4 Å². The number of carbonyl (C=O) groups is 1. The van der Waals surface area contributed by atoms with Crippen LogP contribution in [0.1, 0.15) is 9.67 Å². The lowest BCUT2D eigenvalue weighted by atomic mass is 10.5. The number of sulfonamides is 1. The molecule has 0 radical (unpaired) electrons. The maximum absolute atomic E-state index is 12.0. The largest absolute Gasteiger partial charge is 0.477 e. The minimum atomic E-state index is -3.78. The molecule has 0 bridgehead atoms. The molecule has 2 aromatic heterocycles. The molecule has 0 spiro atoms.